The van der Waals surface area contributed by atoms with Crippen LogP contribution in [0.25, 0.3) is 0 Å². The predicted molar refractivity (Wildman–Crippen MR) is 101 cm³/mol. The van der Waals surface area contributed by atoms with E-state index in [4.69, 9.17) is 14.2 Å². The van der Waals surface area contributed by atoms with Gasteiger partial charge in [-0.15, -0.1) is 0 Å². The number of anilines is 1. The average Bonchev–Trinajstić information content (AvgIpc) is 2.94. The first-order valence-electron chi connectivity index (χ1n) is 8.92. The molecule has 0 unspecified atom stereocenters. The zero-order chi connectivity index (χ0) is 19.6. The minimum absolute atomic E-state index is 0.241. The quantitative estimate of drug-likeness (QED) is 0.815. The minimum atomic E-state index is -0.507. The first-order valence-corrected chi connectivity index (χ1v) is 8.92. The second-order valence-electron chi connectivity index (χ2n) is 6.73. The van der Waals surface area contributed by atoms with Gasteiger partial charge < -0.3 is 24.1 Å². The number of hydrogen-bond donors (Lipinski definition) is 1. The van der Waals surface area contributed by atoms with Crippen molar-refractivity contribution < 1.29 is 23.8 Å². The Morgan fingerprint density at radius 3 is 2.52 bits per heavy atom. The topological polar surface area (TPSA) is 78.8 Å². The first kappa shape index (κ1) is 18.8. The number of rotatable bonds is 5. The monoisotopic (exact) mass is 372 g/mol. The van der Waals surface area contributed by atoms with Crippen molar-refractivity contribution in [1.82, 2.24) is 4.57 Å². The lowest BCUT2D eigenvalue weighted by atomic mass is 10.2. The molecule has 1 aliphatic rings. The van der Waals surface area contributed by atoms with Gasteiger partial charge in [-0.25, -0.2) is 4.79 Å². The molecule has 27 heavy (non-hydrogen) atoms. The smallest absolute Gasteiger partial charge is 0.340 e. The summed E-state index contributed by atoms with van der Waals surface area (Å²) in [6, 6.07) is 7.16. The number of nitrogens with zero attached hydrogens (tertiary/aromatic N) is 1. The number of benzene rings is 1. The molecule has 1 amide bonds. The number of aryl methyl sites for hydroxylation is 1. The highest BCUT2D eigenvalue weighted by Gasteiger charge is 2.19. The number of nitrogens with one attached hydrogen (secondary N) is 1. The first-order chi connectivity index (χ1) is 12.9. The summed E-state index contributed by atoms with van der Waals surface area (Å²) in [4.78, 5) is 24.5. The highest BCUT2D eigenvalue weighted by atomic mass is 16.6. The summed E-state index contributed by atoms with van der Waals surface area (Å²) in [5.74, 6) is 0.299. The summed E-state index contributed by atoms with van der Waals surface area (Å²) in [6.45, 7) is 8.53. The van der Waals surface area contributed by atoms with Crippen LogP contribution in [-0.2, 0) is 9.53 Å². The third-order valence-electron chi connectivity index (χ3n) is 4.38. The van der Waals surface area contributed by atoms with Crippen LogP contribution in [0.2, 0.25) is 0 Å². The second-order valence-corrected chi connectivity index (χ2v) is 6.73. The number of esters is 1. The number of carbonyl (C=O) groups excluding carboxylic acids is 2. The normalized spacial score (nSPS) is 12.8. The van der Waals surface area contributed by atoms with Gasteiger partial charge in [0.05, 0.1) is 5.56 Å². The number of hydrogen-bond acceptors (Lipinski definition) is 5. The van der Waals surface area contributed by atoms with Gasteiger partial charge in [-0.05, 0) is 45.9 Å². The fourth-order valence-corrected chi connectivity index (χ4v) is 3.31. The van der Waals surface area contributed by atoms with Gasteiger partial charge in [0.1, 0.15) is 13.2 Å². The van der Waals surface area contributed by atoms with E-state index in [9.17, 15) is 9.59 Å². The highest BCUT2D eigenvalue weighted by molar-refractivity contribution is 5.96. The lowest BCUT2D eigenvalue weighted by Gasteiger charge is -2.19. The van der Waals surface area contributed by atoms with E-state index in [2.05, 4.69) is 23.7 Å². The molecular formula is C20H24N2O5. The Morgan fingerprint density at radius 1 is 1.15 bits per heavy atom. The maximum Gasteiger partial charge on any atom is 0.340 e. The molecule has 0 bridgehead atoms. The molecule has 0 fully saturated rings. The molecule has 1 aromatic carbocycles. The predicted octanol–water partition coefficient (Wildman–Crippen LogP) is 3.25. The average molecular weight is 372 g/mol. The van der Waals surface area contributed by atoms with Crippen LogP contribution in [0.1, 0.15) is 41.6 Å². The van der Waals surface area contributed by atoms with Gasteiger partial charge in [-0.2, -0.15) is 0 Å². The van der Waals surface area contributed by atoms with Crippen molar-refractivity contribution in [2.24, 2.45) is 0 Å². The Labute approximate surface area is 158 Å². The van der Waals surface area contributed by atoms with Gasteiger partial charge in [0, 0.05) is 29.2 Å². The molecule has 144 valence electrons. The molecule has 7 nitrogen and oxygen atoms in total. The van der Waals surface area contributed by atoms with Gasteiger partial charge in [0.25, 0.3) is 5.91 Å². The van der Waals surface area contributed by atoms with E-state index in [1.54, 1.807) is 24.3 Å². The third-order valence-corrected chi connectivity index (χ3v) is 4.38. The van der Waals surface area contributed by atoms with Crippen LogP contribution >= 0.6 is 0 Å². The number of amides is 1. The van der Waals surface area contributed by atoms with Crippen molar-refractivity contribution in [3.8, 4) is 11.5 Å². The Morgan fingerprint density at radius 2 is 1.85 bits per heavy atom. The lowest BCUT2D eigenvalue weighted by molar-refractivity contribution is -0.119. The van der Waals surface area contributed by atoms with Crippen molar-refractivity contribution in [2.75, 3.05) is 25.1 Å². The lowest BCUT2D eigenvalue weighted by Crippen LogP contribution is -2.21. The van der Waals surface area contributed by atoms with Crippen LogP contribution in [0.15, 0.2) is 24.3 Å². The van der Waals surface area contributed by atoms with E-state index in [0.717, 1.165) is 11.4 Å². The zero-order valence-electron chi connectivity index (χ0n) is 16.0. The van der Waals surface area contributed by atoms with Crippen molar-refractivity contribution in [2.45, 2.75) is 33.7 Å². The van der Waals surface area contributed by atoms with E-state index in [1.807, 2.05) is 13.8 Å². The molecule has 0 aliphatic carbocycles. The maximum atomic E-state index is 12.4. The highest BCUT2D eigenvalue weighted by Crippen LogP contribution is 2.32. The molecule has 1 aliphatic heterocycles. The van der Waals surface area contributed by atoms with Crippen molar-refractivity contribution in [1.29, 1.82) is 0 Å². The molecule has 0 saturated carbocycles. The number of ether oxygens (including phenoxy) is 3. The molecule has 0 radical (unpaired) electrons. The number of carbonyl (C=O) groups is 2. The molecule has 2 aromatic rings. The van der Waals surface area contributed by atoms with Crippen LogP contribution in [0.3, 0.4) is 0 Å². The molecule has 2 heterocycles. The molecule has 1 N–H and O–H groups in total. The summed E-state index contributed by atoms with van der Waals surface area (Å²) in [5, 5.41) is 2.69. The molecule has 0 saturated heterocycles. The van der Waals surface area contributed by atoms with E-state index in [-0.39, 0.29) is 12.6 Å². The summed E-state index contributed by atoms with van der Waals surface area (Å²) >= 11 is 0. The van der Waals surface area contributed by atoms with Crippen LogP contribution < -0.4 is 14.8 Å². The maximum absolute atomic E-state index is 12.4. The Balaban J connectivity index is 1.59. The van der Waals surface area contributed by atoms with Crippen molar-refractivity contribution in [3.63, 3.8) is 0 Å². The van der Waals surface area contributed by atoms with Gasteiger partial charge in [-0.3, -0.25) is 4.79 Å². The fraction of sp³-hybridized carbons (Fsp3) is 0.400. The Hall–Kier alpha value is -2.96. The van der Waals surface area contributed by atoms with Gasteiger partial charge in [0.2, 0.25) is 0 Å². The summed E-state index contributed by atoms with van der Waals surface area (Å²) in [5.41, 5.74) is 2.85. The second kappa shape index (κ2) is 7.73. The Kier molecular flexibility index (Phi) is 5.39. The molecule has 0 atom stereocenters. The van der Waals surface area contributed by atoms with Crippen LogP contribution in [0, 0.1) is 13.8 Å². The van der Waals surface area contributed by atoms with Crippen LogP contribution in [0.5, 0.6) is 11.5 Å². The van der Waals surface area contributed by atoms with E-state index in [0.29, 0.717) is 36.0 Å². The molecule has 3 rings (SSSR count). The van der Waals surface area contributed by atoms with E-state index >= 15 is 0 Å². The van der Waals surface area contributed by atoms with E-state index in [1.165, 1.54) is 0 Å². The molecule has 0 spiro atoms. The van der Waals surface area contributed by atoms with E-state index < -0.39 is 11.9 Å². The summed E-state index contributed by atoms with van der Waals surface area (Å²) < 4.78 is 18.2. The summed E-state index contributed by atoms with van der Waals surface area (Å²) in [7, 11) is 0. The zero-order valence-corrected chi connectivity index (χ0v) is 16.0. The number of aromatic nitrogens is 1. The van der Waals surface area contributed by atoms with Crippen molar-refractivity contribution in [3.05, 3.63) is 41.2 Å². The SMILES string of the molecule is Cc1cc(C(=O)OCC(=O)Nc2ccc3c(c2)OCCO3)c(C)n1C(C)C. The largest absolute Gasteiger partial charge is 0.486 e. The third kappa shape index (κ3) is 4.07. The minimum Gasteiger partial charge on any atom is -0.486 e. The fourth-order valence-electron chi connectivity index (χ4n) is 3.31. The molecular weight excluding hydrogens is 348 g/mol. The van der Waals surface area contributed by atoms with Gasteiger partial charge in [-0.1, -0.05) is 0 Å². The number of fused-ring (bicyclic) bond motifs is 1. The van der Waals surface area contributed by atoms with Crippen LogP contribution in [0.4, 0.5) is 5.69 Å². The van der Waals surface area contributed by atoms with Crippen LogP contribution in [-0.4, -0.2) is 36.3 Å². The van der Waals surface area contributed by atoms with Gasteiger partial charge in [0.15, 0.2) is 18.1 Å². The van der Waals surface area contributed by atoms with Crippen molar-refractivity contribution >= 4 is 17.6 Å². The molecule has 7 heteroatoms. The summed E-state index contributed by atoms with van der Waals surface area (Å²) in [6.07, 6.45) is 0. The van der Waals surface area contributed by atoms with Gasteiger partial charge >= 0.3 is 5.97 Å². The standard InChI is InChI=1S/C20H24N2O5/c1-12(2)22-13(3)9-16(14(22)4)20(24)27-11-19(23)21-15-5-6-17-18(10-15)26-8-7-25-17/h5-6,9-10,12H,7-8,11H2,1-4H3,(H,21,23). The Bertz CT molecular complexity index is 869. The molecule has 1 aromatic heterocycles.